The monoisotopic (exact) mass is 452 g/mol. The number of morpholine rings is 1. The number of ether oxygens (including phenoxy) is 1. The van der Waals surface area contributed by atoms with Gasteiger partial charge in [0.05, 0.1) is 33.6 Å². The number of thiazole rings is 2. The third kappa shape index (κ3) is 4.21. The van der Waals surface area contributed by atoms with Gasteiger partial charge in [-0.2, -0.15) is 0 Å². The minimum Gasteiger partial charge on any atom is -0.379 e. The van der Waals surface area contributed by atoms with Gasteiger partial charge in [0.15, 0.2) is 10.1 Å². The lowest BCUT2D eigenvalue weighted by atomic mass is 10.1. The maximum Gasteiger partial charge on any atom is 0.289 e. The Bertz CT molecular complexity index is 1210. The van der Waals surface area contributed by atoms with E-state index in [1.54, 1.807) is 11.3 Å². The van der Waals surface area contributed by atoms with Gasteiger partial charge in [-0.15, -0.1) is 11.3 Å². The molecule has 0 saturated carbocycles. The predicted molar refractivity (Wildman–Crippen MR) is 128 cm³/mol. The lowest BCUT2D eigenvalue weighted by Crippen LogP contribution is -2.43. The first kappa shape index (κ1) is 20.5. The van der Waals surface area contributed by atoms with Crippen LogP contribution in [-0.2, 0) is 4.74 Å². The van der Waals surface area contributed by atoms with Gasteiger partial charge >= 0.3 is 0 Å². The Kier molecular flexibility index (Phi) is 5.71. The van der Waals surface area contributed by atoms with Gasteiger partial charge in [-0.25, -0.2) is 9.97 Å². The second-order valence-corrected chi connectivity index (χ2v) is 9.86. The van der Waals surface area contributed by atoms with E-state index in [9.17, 15) is 4.79 Å². The molecule has 1 aliphatic rings. The van der Waals surface area contributed by atoms with E-state index in [0.29, 0.717) is 11.6 Å². The normalized spacial score (nSPS) is 15.0. The molecule has 160 valence electrons. The molecule has 0 radical (unpaired) electrons. The summed E-state index contributed by atoms with van der Waals surface area (Å²) in [6, 6.07) is 12.2. The van der Waals surface area contributed by atoms with Crippen LogP contribution < -0.4 is 4.90 Å². The number of rotatable bonds is 5. The first-order valence-corrected chi connectivity index (χ1v) is 12.1. The number of fused-ring (bicyclic) bond motifs is 2. The standard InChI is InChI=1S/C23H24N4O2S2/c1-15-13-16(2)20-19(14-15)31-23(25-20)27(8-7-26-9-11-29-12-10-26)22(28)21-24-17-5-3-4-6-18(17)30-21/h3-6,13-14H,7-12H2,1-2H3. The molecule has 2 aromatic carbocycles. The van der Waals surface area contributed by atoms with Crippen molar-refractivity contribution in [2.75, 3.05) is 44.3 Å². The summed E-state index contributed by atoms with van der Waals surface area (Å²) in [6.45, 7) is 8.79. The lowest BCUT2D eigenvalue weighted by molar-refractivity contribution is 0.0391. The maximum atomic E-state index is 13.6. The summed E-state index contributed by atoms with van der Waals surface area (Å²) in [7, 11) is 0. The van der Waals surface area contributed by atoms with Crippen LogP contribution in [-0.4, -0.2) is 60.2 Å². The molecule has 0 spiro atoms. The van der Waals surface area contributed by atoms with Crippen molar-refractivity contribution in [1.82, 2.24) is 14.9 Å². The molecule has 6 nitrogen and oxygen atoms in total. The van der Waals surface area contributed by atoms with Crippen molar-refractivity contribution in [3.63, 3.8) is 0 Å². The van der Waals surface area contributed by atoms with Crippen LogP contribution in [0.4, 0.5) is 5.13 Å². The Balaban J connectivity index is 1.50. The summed E-state index contributed by atoms with van der Waals surface area (Å²) < 4.78 is 7.60. The molecule has 31 heavy (non-hydrogen) atoms. The highest BCUT2D eigenvalue weighted by atomic mass is 32.1. The van der Waals surface area contributed by atoms with Crippen LogP contribution in [0.25, 0.3) is 20.4 Å². The number of hydrogen-bond acceptors (Lipinski definition) is 7. The van der Waals surface area contributed by atoms with Crippen LogP contribution in [0.3, 0.4) is 0 Å². The fourth-order valence-corrected chi connectivity index (χ4v) is 5.98. The minimum absolute atomic E-state index is 0.0807. The van der Waals surface area contributed by atoms with Crippen molar-refractivity contribution < 1.29 is 9.53 Å². The molecule has 4 aromatic rings. The van der Waals surface area contributed by atoms with Crippen LogP contribution in [0.5, 0.6) is 0 Å². The molecule has 0 aliphatic carbocycles. The number of carbonyl (C=O) groups excluding carboxylic acids is 1. The zero-order valence-corrected chi connectivity index (χ0v) is 19.3. The van der Waals surface area contributed by atoms with Crippen LogP contribution >= 0.6 is 22.7 Å². The Morgan fingerprint density at radius 3 is 2.71 bits per heavy atom. The zero-order chi connectivity index (χ0) is 21.4. The van der Waals surface area contributed by atoms with Crippen molar-refractivity contribution in [3.05, 3.63) is 52.5 Å². The number of para-hydroxylation sites is 1. The molecule has 1 amide bonds. The number of anilines is 1. The average molecular weight is 453 g/mol. The highest BCUT2D eigenvalue weighted by Gasteiger charge is 2.25. The first-order valence-electron chi connectivity index (χ1n) is 10.4. The highest BCUT2D eigenvalue weighted by Crippen LogP contribution is 2.33. The average Bonchev–Trinajstić information content (AvgIpc) is 3.39. The Morgan fingerprint density at radius 2 is 1.90 bits per heavy atom. The van der Waals surface area contributed by atoms with Crippen molar-refractivity contribution in [2.24, 2.45) is 0 Å². The number of aryl methyl sites for hydroxylation is 2. The maximum absolute atomic E-state index is 13.6. The molecule has 0 atom stereocenters. The third-order valence-corrected chi connectivity index (χ3v) is 7.56. The number of aromatic nitrogens is 2. The van der Waals surface area contributed by atoms with Crippen LogP contribution in [0.1, 0.15) is 20.9 Å². The van der Waals surface area contributed by atoms with Gasteiger partial charge < -0.3 is 4.74 Å². The summed E-state index contributed by atoms with van der Waals surface area (Å²) in [5, 5.41) is 1.25. The SMILES string of the molecule is Cc1cc(C)c2nc(N(CCN3CCOCC3)C(=O)c3nc4ccccc4s3)sc2c1. The zero-order valence-electron chi connectivity index (χ0n) is 17.6. The summed E-state index contributed by atoms with van der Waals surface area (Å²) in [4.78, 5) is 27.2. The van der Waals surface area contributed by atoms with Crippen molar-refractivity contribution in [3.8, 4) is 0 Å². The minimum atomic E-state index is -0.0807. The number of amides is 1. The number of hydrogen-bond donors (Lipinski definition) is 0. The van der Waals surface area contributed by atoms with Gasteiger partial charge in [-0.3, -0.25) is 14.6 Å². The topological polar surface area (TPSA) is 58.6 Å². The quantitative estimate of drug-likeness (QED) is 0.446. The van der Waals surface area contributed by atoms with E-state index in [4.69, 9.17) is 9.72 Å². The van der Waals surface area contributed by atoms with Crippen molar-refractivity contribution in [1.29, 1.82) is 0 Å². The Labute approximate surface area is 189 Å². The third-order valence-electron chi connectivity index (χ3n) is 5.51. The van der Waals surface area contributed by atoms with Gasteiger partial charge in [-0.1, -0.05) is 29.5 Å². The molecular formula is C23H24N4O2S2. The van der Waals surface area contributed by atoms with E-state index < -0.39 is 0 Å². The van der Waals surface area contributed by atoms with Crippen LogP contribution in [0.2, 0.25) is 0 Å². The number of nitrogens with zero attached hydrogens (tertiary/aromatic N) is 4. The number of benzene rings is 2. The largest absolute Gasteiger partial charge is 0.379 e. The van der Waals surface area contributed by atoms with E-state index in [-0.39, 0.29) is 5.91 Å². The molecule has 3 heterocycles. The fourth-order valence-electron chi connectivity index (χ4n) is 3.90. The molecule has 0 unspecified atom stereocenters. The highest BCUT2D eigenvalue weighted by molar-refractivity contribution is 7.23. The molecule has 2 aromatic heterocycles. The van der Waals surface area contributed by atoms with Crippen molar-refractivity contribution in [2.45, 2.75) is 13.8 Å². The molecule has 8 heteroatoms. The lowest BCUT2D eigenvalue weighted by Gasteiger charge is -2.28. The van der Waals surface area contributed by atoms with E-state index in [0.717, 1.165) is 64.0 Å². The van der Waals surface area contributed by atoms with Gasteiger partial charge in [0, 0.05) is 26.2 Å². The molecule has 1 aliphatic heterocycles. The molecule has 0 bridgehead atoms. The van der Waals surface area contributed by atoms with Crippen LogP contribution in [0.15, 0.2) is 36.4 Å². The van der Waals surface area contributed by atoms with Gasteiger partial charge in [0.25, 0.3) is 5.91 Å². The molecule has 1 saturated heterocycles. The summed E-state index contributed by atoms with van der Waals surface area (Å²) in [5.74, 6) is -0.0807. The van der Waals surface area contributed by atoms with E-state index in [2.05, 4.69) is 35.9 Å². The second-order valence-electron chi connectivity index (χ2n) is 7.82. The van der Waals surface area contributed by atoms with Gasteiger partial charge in [0.1, 0.15) is 0 Å². The van der Waals surface area contributed by atoms with E-state index in [1.165, 1.54) is 16.9 Å². The summed E-state index contributed by atoms with van der Waals surface area (Å²) >= 11 is 3.02. The smallest absolute Gasteiger partial charge is 0.289 e. The molecule has 0 N–H and O–H groups in total. The summed E-state index contributed by atoms with van der Waals surface area (Å²) in [5.41, 5.74) is 4.18. The van der Waals surface area contributed by atoms with Gasteiger partial charge in [-0.05, 0) is 43.2 Å². The molecule has 5 rings (SSSR count). The van der Waals surface area contributed by atoms with Crippen molar-refractivity contribution >= 4 is 54.1 Å². The summed E-state index contributed by atoms with van der Waals surface area (Å²) in [6.07, 6.45) is 0. The predicted octanol–water partition coefficient (Wildman–Crippen LogP) is 4.50. The number of carbonyl (C=O) groups is 1. The Hall–Kier alpha value is -2.39. The Morgan fingerprint density at radius 1 is 1.10 bits per heavy atom. The second kappa shape index (κ2) is 8.63. The van der Waals surface area contributed by atoms with Gasteiger partial charge in [0.2, 0.25) is 0 Å². The van der Waals surface area contributed by atoms with Crippen LogP contribution in [0, 0.1) is 13.8 Å². The molecule has 1 fully saturated rings. The fraction of sp³-hybridized carbons (Fsp3) is 0.348. The van der Waals surface area contributed by atoms with E-state index in [1.807, 2.05) is 29.2 Å². The van der Waals surface area contributed by atoms with E-state index >= 15 is 0 Å². The first-order chi connectivity index (χ1) is 15.1. The molecular weight excluding hydrogens is 428 g/mol.